The second-order valence-electron chi connectivity index (χ2n) is 5.35. The van der Waals surface area contributed by atoms with Gasteiger partial charge in [-0.1, -0.05) is 0 Å². The highest BCUT2D eigenvalue weighted by molar-refractivity contribution is 5.14. The summed E-state index contributed by atoms with van der Waals surface area (Å²) in [6, 6.07) is -0.304. The number of hydrogen-bond donors (Lipinski definition) is 1. The molecule has 0 aromatic carbocycles. The first-order chi connectivity index (χ1) is 9.69. The van der Waals surface area contributed by atoms with Gasteiger partial charge in [-0.3, -0.25) is 0 Å². The molecular weight excluding hydrogens is 302 g/mol. The highest BCUT2D eigenvalue weighted by Crippen LogP contribution is 2.47. The highest BCUT2D eigenvalue weighted by atomic mass is 19.4. The van der Waals surface area contributed by atoms with Crippen LogP contribution in [0.25, 0.3) is 0 Å². The molecule has 4 nitrogen and oxygen atoms in total. The Morgan fingerprint density at radius 2 is 1.67 bits per heavy atom. The maximum atomic E-state index is 12.8. The predicted molar refractivity (Wildman–Crippen MR) is 58.3 cm³/mol. The monoisotopic (exact) mass is 314 g/mol. The summed E-state index contributed by atoms with van der Waals surface area (Å²) in [6.07, 6.45) is -9.10. The molecule has 1 N–H and O–H groups in total. The van der Waals surface area contributed by atoms with E-state index in [1.54, 1.807) is 0 Å². The summed E-state index contributed by atoms with van der Waals surface area (Å²) in [7, 11) is 0. The van der Waals surface area contributed by atoms with E-state index in [1.807, 2.05) is 0 Å². The minimum Gasteiger partial charge on any atom is -0.312 e. The lowest BCUT2D eigenvalue weighted by Crippen LogP contribution is -2.40. The van der Waals surface area contributed by atoms with Crippen molar-refractivity contribution in [2.45, 2.75) is 43.7 Å². The topological polar surface area (TPSA) is 42.7 Å². The molecule has 1 aromatic heterocycles. The van der Waals surface area contributed by atoms with Crippen LogP contribution in [0.3, 0.4) is 0 Å². The third kappa shape index (κ3) is 2.60. The molecule has 0 spiro atoms. The van der Waals surface area contributed by atoms with Crippen LogP contribution in [0.5, 0.6) is 0 Å². The normalized spacial score (nSPS) is 23.5. The number of halogens is 6. The van der Waals surface area contributed by atoms with Crippen molar-refractivity contribution in [3.05, 3.63) is 11.6 Å². The Morgan fingerprint density at radius 1 is 1.05 bits per heavy atom. The van der Waals surface area contributed by atoms with Crippen LogP contribution in [0.4, 0.5) is 26.3 Å². The van der Waals surface area contributed by atoms with E-state index >= 15 is 0 Å². The molecule has 1 atom stereocenters. The Balaban J connectivity index is 2.02. The number of hydrogen-bond acceptors (Lipinski definition) is 3. The summed E-state index contributed by atoms with van der Waals surface area (Å²) in [6.45, 7) is 0.311. The fourth-order valence-electron chi connectivity index (χ4n) is 2.71. The molecule has 1 aliphatic heterocycles. The molecule has 21 heavy (non-hydrogen) atoms. The maximum Gasteiger partial charge on any atom is 0.407 e. The van der Waals surface area contributed by atoms with Crippen LogP contribution in [-0.4, -0.2) is 33.7 Å². The van der Waals surface area contributed by atoms with E-state index in [0.29, 0.717) is 6.54 Å². The molecule has 2 aliphatic rings. The standard InChI is InChI=1S/C11H12F6N4/c12-10(13,14)7(11(15,16)17)9-20-19-8-6(5-1-2-5)18-3-4-21(8)9/h5-7,18H,1-4H2. The third-order valence-corrected chi connectivity index (χ3v) is 3.79. The number of fused-ring (bicyclic) bond motifs is 1. The van der Waals surface area contributed by atoms with Gasteiger partial charge in [0, 0.05) is 13.1 Å². The average Bonchev–Trinajstić information content (AvgIpc) is 3.09. The molecule has 0 radical (unpaired) electrons. The van der Waals surface area contributed by atoms with E-state index < -0.39 is 24.1 Å². The van der Waals surface area contributed by atoms with Crippen molar-refractivity contribution in [3.8, 4) is 0 Å². The molecule has 1 saturated carbocycles. The van der Waals surface area contributed by atoms with Crippen LogP contribution in [0, 0.1) is 5.92 Å². The number of nitrogens with one attached hydrogen (secondary N) is 1. The van der Waals surface area contributed by atoms with Crippen molar-refractivity contribution < 1.29 is 26.3 Å². The van der Waals surface area contributed by atoms with Crippen LogP contribution in [0.1, 0.15) is 36.5 Å². The zero-order chi connectivity index (χ0) is 15.4. The molecule has 1 fully saturated rings. The van der Waals surface area contributed by atoms with Crippen molar-refractivity contribution in [1.29, 1.82) is 0 Å². The van der Waals surface area contributed by atoms with E-state index in [1.165, 1.54) is 0 Å². The van der Waals surface area contributed by atoms with Crippen LogP contribution in [0.15, 0.2) is 0 Å². The van der Waals surface area contributed by atoms with Gasteiger partial charge in [-0.15, -0.1) is 10.2 Å². The molecule has 118 valence electrons. The molecule has 1 aromatic rings. The zero-order valence-electron chi connectivity index (χ0n) is 10.7. The van der Waals surface area contributed by atoms with Crippen molar-refractivity contribution in [2.75, 3.05) is 6.54 Å². The highest BCUT2D eigenvalue weighted by Gasteiger charge is 2.60. The van der Waals surface area contributed by atoms with E-state index in [4.69, 9.17) is 0 Å². The summed E-state index contributed by atoms with van der Waals surface area (Å²) in [4.78, 5) is 0. The number of aromatic nitrogens is 3. The van der Waals surface area contributed by atoms with E-state index in [0.717, 1.165) is 17.4 Å². The smallest absolute Gasteiger partial charge is 0.312 e. The van der Waals surface area contributed by atoms with E-state index in [9.17, 15) is 26.3 Å². The van der Waals surface area contributed by atoms with Gasteiger partial charge in [-0.2, -0.15) is 26.3 Å². The van der Waals surface area contributed by atoms with E-state index in [2.05, 4.69) is 15.5 Å². The molecule has 3 rings (SSSR count). The van der Waals surface area contributed by atoms with Gasteiger partial charge in [0.15, 0.2) is 11.6 Å². The largest absolute Gasteiger partial charge is 0.407 e. The summed E-state index contributed by atoms with van der Waals surface area (Å²) in [5.74, 6) is -4.25. The minimum absolute atomic E-state index is 0.00352. The first-order valence-electron chi connectivity index (χ1n) is 6.49. The van der Waals surface area contributed by atoms with Gasteiger partial charge in [0.1, 0.15) is 0 Å². The average molecular weight is 314 g/mol. The Hall–Kier alpha value is -1.32. The van der Waals surface area contributed by atoms with Gasteiger partial charge in [0.25, 0.3) is 0 Å². The summed E-state index contributed by atoms with van der Waals surface area (Å²) in [5, 5.41) is 9.90. The van der Waals surface area contributed by atoms with Crippen molar-refractivity contribution in [3.63, 3.8) is 0 Å². The van der Waals surface area contributed by atoms with E-state index in [-0.39, 0.29) is 24.3 Å². The minimum atomic E-state index is -5.44. The lowest BCUT2D eigenvalue weighted by molar-refractivity contribution is -0.256. The molecule has 0 amide bonds. The third-order valence-electron chi connectivity index (χ3n) is 3.79. The first kappa shape index (κ1) is 14.6. The fraction of sp³-hybridized carbons (Fsp3) is 0.818. The van der Waals surface area contributed by atoms with Gasteiger partial charge in [-0.05, 0) is 18.8 Å². The molecule has 2 heterocycles. The van der Waals surface area contributed by atoms with Gasteiger partial charge in [-0.25, -0.2) is 0 Å². The predicted octanol–water partition coefficient (Wildman–Crippen LogP) is 2.54. The van der Waals surface area contributed by atoms with Gasteiger partial charge < -0.3 is 9.88 Å². The molecule has 10 heteroatoms. The Kier molecular flexibility index (Phi) is 3.19. The fourth-order valence-corrected chi connectivity index (χ4v) is 2.71. The summed E-state index contributed by atoms with van der Waals surface area (Å²) < 4.78 is 77.8. The van der Waals surface area contributed by atoms with Gasteiger partial charge in [0.05, 0.1) is 6.04 Å². The summed E-state index contributed by atoms with van der Waals surface area (Å²) in [5.41, 5.74) is 0. The van der Waals surface area contributed by atoms with Gasteiger partial charge >= 0.3 is 12.4 Å². The second-order valence-corrected chi connectivity index (χ2v) is 5.35. The molecular formula is C11H12F6N4. The number of alkyl halides is 6. The summed E-state index contributed by atoms with van der Waals surface area (Å²) >= 11 is 0. The van der Waals surface area contributed by atoms with Crippen LogP contribution >= 0.6 is 0 Å². The lowest BCUT2D eigenvalue weighted by Gasteiger charge is -2.28. The number of rotatable bonds is 2. The Bertz CT molecular complexity index is 516. The first-order valence-corrected chi connectivity index (χ1v) is 6.49. The molecule has 0 saturated heterocycles. The van der Waals surface area contributed by atoms with Gasteiger partial charge in [0.2, 0.25) is 5.92 Å². The Labute approximate surface area is 115 Å². The lowest BCUT2D eigenvalue weighted by atomic mass is 10.1. The van der Waals surface area contributed by atoms with Crippen molar-refractivity contribution in [1.82, 2.24) is 20.1 Å². The quantitative estimate of drug-likeness (QED) is 0.853. The van der Waals surface area contributed by atoms with Crippen LogP contribution in [-0.2, 0) is 6.54 Å². The molecule has 1 unspecified atom stereocenters. The number of nitrogens with zero attached hydrogens (tertiary/aromatic N) is 3. The van der Waals surface area contributed by atoms with Crippen LogP contribution < -0.4 is 5.32 Å². The van der Waals surface area contributed by atoms with Crippen molar-refractivity contribution >= 4 is 0 Å². The molecule has 0 bridgehead atoms. The maximum absolute atomic E-state index is 12.8. The second kappa shape index (κ2) is 4.59. The van der Waals surface area contributed by atoms with Crippen LogP contribution in [0.2, 0.25) is 0 Å². The zero-order valence-corrected chi connectivity index (χ0v) is 10.7. The van der Waals surface area contributed by atoms with Crippen molar-refractivity contribution in [2.24, 2.45) is 5.92 Å². The SMILES string of the molecule is FC(F)(F)C(c1nnc2n1CCNC2C1CC1)C(F)(F)F. The Morgan fingerprint density at radius 3 is 2.19 bits per heavy atom. The molecule has 1 aliphatic carbocycles.